The van der Waals surface area contributed by atoms with Gasteiger partial charge in [-0.3, -0.25) is 14.4 Å². The predicted molar refractivity (Wildman–Crippen MR) is 103 cm³/mol. The maximum atomic E-state index is 12.7. The SMILES string of the molecule is CC(=O)N[C@@H]1CN(C(=O)CCn2ccccc2=O)C[C@H]1c1ccc(C)cc1. The van der Waals surface area contributed by atoms with Crippen LogP contribution in [0.4, 0.5) is 0 Å². The van der Waals surface area contributed by atoms with Crippen molar-refractivity contribution in [3.63, 3.8) is 0 Å². The number of rotatable bonds is 5. The van der Waals surface area contributed by atoms with Gasteiger partial charge in [-0.15, -0.1) is 0 Å². The molecule has 6 nitrogen and oxygen atoms in total. The normalized spacial score (nSPS) is 19.1. The van der Waals surface area contributed by atoms with Crippen LogP contribution >= 0.6 is 0 Å². The zero-order valence-corrected chi connectivity index (χ0v) is 15.7. The first-order valence-electron chi connectivity index (χ1n) is 9.21. The topological polar surface area (TPSA) is 71.4 Å². The number of carbonyl (C=O) groups is 2. The van der Waals surface area contributed by atoms with Crippen molar-refractivity contribution in [2.75, 3.05) is 13.1 Å². The van der Waals surface area contributed by atoms with Crippen molar-refractivity contribution in [1.82, 2.24) is 14.8 Å². The Morgan fingerprint density at radius 1 is 1.11 bits per heavy atom. The van der Waals surface area contributed by atoms with E-state index >= 15 is 0 Å². The number of likely N-dealkylation sites (tertiary alicyclic amines) is 1. The summed E-state index contributed by atoms with van der Waals surface area (Å²) in [6, 6.07) is 13.1. The van der Waals surface area contributed by atoms with Crippen molar-refractivity contribution >= 4 is 11.8 Å². The number of aromatic nitrogens is 1. The molecule has 0 radical (unpaired) electrons. The summed E-state index contributed by atoms with van der Waals surface area (Å²) in [6.07, 6.45) is 1.95. The Balaban J connectivity index is 1.69. The first-order chi connectivity index (χ1) is 12.9. The lowest BCUT2D eigenvalue weighted by atomic mass is 9.93. The molecule has 1 N–H and O–H groups in total. The van der Waals surface area contributed by atoms with Gasteiger partial charge in [0.25, 0.3) is 5.56 Å². The van der Waals surface area contributed by atoms with Crippen molar-refractivity contribution in [1.29, 1.82) is 0 Å². The highest BCUT2D eigenvalue weighted by molar-refractivity contribution is 5.77. The number of pyridine rings is 1. The molecule has 2 heterocycles. The van der Waals surface area contributed by atoms with Crippen LogP contribution in [-0.2, 0) is 16.1 Å². The van der Waals surface area contributed by atoms with E-state index in [0.717, 1.165) is 5.56 Å². The highest BCUT2D eigenvalue weighted by Crippen LogP contribution is 2.28. The van der Waals surface area contributed by atoms with Gasteiger partial charge in [0.2, 0.25) is 11.8 Å². The van der Waals surface area contributed by atoms with E-state index in [1.54, 1.807) is 23.2 Å². The molecular weight excluding hydrogens is 342 g/mol. The number of amides is 2. The van der Waals surface area contributed by atoms with Gasteiger partial charge >= 0.3 is 0 Å². The number of carbonyl (C=O) groups excluding carboxylic acids is 2. The first kappa shape index (κ1) is 18.9. The summed E-state index contributed by atoms with van der Waals surface area (Å²) >= 11 is 0. The summed E-state index contributed by atoms with van der Waals surface area (Å²) in [5, 5.41) is 2.98. The summed E-state index contributed by atoms with van der Waals surface area (Å²) in [6.45, 7) is 4.94. The second kappa shape index (κ2) is 8.20. The molecule has 1 aromatic heterocycles. The van der Waals surface area contributed by atoms with Crippen LogP contribution in [0.5, 0.6) is 0 Å². The van der Waals surface area contributed by atoms with E-state index in [-0.39, 0.29) is 35.8 Å². The number of nitrogens with zero attached hydrogens (tertiary/aromatic N) is 2. The van der Waals surface area contributed by atoms with Gasteiger partial charge in [-0.1, -0.05) is 35.9 Å². The van der Waals surface area contributed by atoms with Crippen molar-refractivity contribution < 1.29 is 9.59 Å². The van der Waals surface area contributed by atoms with Crippen molar-refractivity contribution in [3.05, 3.63) is 70.1 Å². The maximum absolute atomic E-state index is 12.7. The molecular formula is C21H25N3O3. The fourth-order valence-corrected chi connectivity index (χ4v) is 3.59. The van der Waals surface area contributed by atoms with Gasteiger partial charge in [-0.25, -0.2) is 0 Å². The second-order valence-electron chi connectivity index (χ2n) is 7.11. The van der Waals surface area contributed by atoms with Crippen LogP contribution in [0.15, 0.2) is 53.5 Å². The van der Waals surface area contributed by atoms with Crippen LogP contribution in [0.2, 0.25) is 0 Å². The molecule has 0 spiro atoms. The molecule has 0 bridgehead atoms. The van der Waals surface area contributed by atoms with E-state index < -0.39 is 0 Å². The standard InChI is InChI=1S/C21H25N3O3/c1-15-6-8-17(9-7-15)18-13-24(14-19(18)22-16(2)25)21(27)10-12-23-11-4-3-5-20(23)26/h3-9,11,18-19H,10,12-14H2,1-2H3,(H,22,25)/t18-,19+/m0/s1. The lowest BCUT2D eigenvalue weighted by Crippen LogP contribution is -2.39. The Kier molecular flexibility index (Phi) is 5.74. The molecule has 27 heavy (non-hydrogen) atoms. The van der Waals surface area contributed by atoms with Gasteiger partial charge in [-0.05, 0) is 18.6 Å². The van der Waals surface area contributed by atoms with Gasteiger partial charge in [-0.2, -0.15) is 0 Å². The molecule has 1 saturated heterocycles. The zero-order valence-electron chi connectivity index (χ0n) is 15.7. The molecule has 0 aliphatic carbocycles. The fourth-order valence-electron chi connectivity index (χ4n) is 3.59. The van der Waals surface area contributed by atoms with E-state index in [9.17, 15) is 14.4 Å². The van der Waals surface area contributed by atoms with Gasteiger partial charge in [0.15, 0.2) is 0 Å². The number of hydrogen-bond acceptors (Lipinski definition) is 3. The van der Waals surface area contributed by atoms with E-state index in [1.807, 2.05) is 19.1 Å². The van der Waals surface area contributed by atoms with Crippen LogP contribution < -0.4 is 10.9 Å². The molecule has 2 amide bonds. The third-order valence-electron chi connectivity index (χ3n) is 5.03. The molecule has 0 saturated carbocycles. The Hall–Kier alpha value is -2.89. The number of nitrogens with one attached hydrogen (secondary N) is 1. The smallest absolute Gasteiger partial charge is 0.250 e. The summed E-state index contributed by atoms with van der Waals surface area (Å²) in [5.41, 5.74) is 2.18. The van der Waals surface area contributed by atoms with E-state index in [1.165, 1.54) is 23.1 Å². The monoisotopic (exact) mass is 367 g/mol. The summed E-state index contributed by atoms with van der Waals surface area (Å²) in [5.74, 6) is -0.0316. The van der Waals surface area contributed by atoms with E-state index in [2.05, 4.69) is 17.4 Å². The van der Waals surface area contributed by atoms with Crippen molar-refractivity contribution in [3.8, 4) is 0 Å². The van der Waals surface area contributed by atoms with Crippen molar-refractivity contribution in [2.45, 2.75) is 38.8 Å². The number of aryl methyl sites for hydroxylation is 2. The minimum Gasteiger partial charge on any atom is -0.351 e. The summed E-state index contributed by atoms with van der Waals surface area (Å²) in [7, 11) is 0. The second-order valence-corrected chi connectivity index (χ2v) is 7.11. The van der Waals surface area contributed by atoms with Gasteiger partial charge in [0, 0.05) is 51.2 Å². The van der Waals surface area contributed by atoms with E-state index in [4.69, 9.17) is 0 Å². The average Bonchev–Trinajstić information content (AvgIpc) is 3.04. The fraction of sp³-hybridized carbons (Fsp3) is 0.381. The van der Waals surface area contributed by atoms with Crippen LogP contribution in [-0.4, -0.2) is 40.4 Å². The molecule has 1 aliphatic heterocycles. The van der Waals surface area contributed by atoms with Crippen molar-refractivity contribution in [2.24, 2.45) is 0 Å². The van der Waals surface area contributed by atoms with Gasteiger partial charge < -0.3 is 14.8 Å². The summed E-state index contributed by atoms with van der Waals surface area (Å²) < 4.78 is 1.54. The molecule has 0 unspecified atom stereocenters. The average molecular weight is 367 g/mol. The molecule has 1 fully saturated rings. The van der Waals surface area contributed by atoms with Crippen LogP contribution in [0.25, 0.3) is 0 Å². The molecule has 2 aromatic rings. The molecule has 1 aromatic carbocycles. The molecule has 1 aliphatic rings. The predicted octanol–water partition coefficient (Wildman–Crippen LogP) is 1.68. The minimum atomic E-state index is -0.111. The third kappa shape index (κ3) is 4.64. The molecule has 3 rings (SSSR count). The lowest BCUT2D eigenvalue weighted by Gasteiger charge is -2.19. The lowest BCUT2D eigenvalue weighted by molar-refractivity contribution is -0.130. The molecule has 142 valence electrons. The zero-order chi connectivity index (χ0) is 19.4. The van der Waals surface area contributed by atoms with E-state index in [0.29, 0.717) is 19.6 Å². The van der Waals surface area contributed by atoms with Crippen LogP contribution in [0.3, 0.4) is 0 Å². The Morgan fingerprint density at radius 2 is 1.85 bits per heavy atom. The number of hydrogen-bond donors (Lipinski definition) is 1. The Morgan fingerprint density at radius 3 is 2.52 bits per heavy atom. The van der Waals surface area contributed by atoms with Crippen LogP contribution in [0.1, 0.15) is 30.4 Å². The molecule has 6 heteroatoms. The third-order valence-corrected chi connectivity index (χ3v) is 5.03. The maximum Gasteiger partial charge on any atom is 0.250 e. The quantitative estimate of drug-likeness (QED) is 0.874. The highest BCUT2D eigenvalue weighted by atomic mass is 16.2. The first-order valence-corrected chi connectivity index (χ1v) is 9.21. The molecule has 2 atom stereocenters. The van der Waals surface area contributed by atoms with Crippen LogP contribution in [0, 0.1) is 6.92 Å². The highest BCUT2D eigenvalue weighted by Gasteiger charge is 2.36. The van der Waals surface area contributed by atoms with Gasteiger partial charge in [0.1, 0.15) is 0 Å². The Bertz CT molecular complexity index is 873. The number of benzene rings is 1. The Labute approximate surface area is 158 Å². The minimum absolute atomic E-state index is 0.00397. The summed E-state index contributed by atoms with van der Waals surface area (Å²) in [4.78, 5) is 37.9. The van der Waals surface area contributed by atoms with Gasteiger partial charge in [0.05, 0.1) is 6.04 Å². The largest absolute Gasteiger partial charge is 0.351 e.